The first kappa shape index (κ1) is 17.2. The maximum Gasteiger partial charge on any atom is 0.137 e. The van der Waals surface area contributed by atoms with Gasteiger partial charge in [-0.05, 0) is 13.3 Å². The van der Waals surface area contributed by atoms with Crippen LogP contribution in [0.5, 0.6) is 0 Å². The molecule has 0 aliphatic rings. The standard InChI is InChI=1S/C17H32N2O/c1-3-5-6-7-8-9-10-11-12-13-16(20)17-18-14-15-19(17)4-2/h14-16,20H,3-13H2,1-2H3. The van der Waals surface area contributed by atoms with Crippen LogP contribution in [0, 0.1) is 0 Å². The van der Waals surface area contributed by atoms with E-state index < -0.39 is 6.10 Å². The van der Waals surface area contributed by atoms with Gasteiger partial charge in [0.2, 0.25) is 0 Å². The van der Waals surface area contributed by atoms with Crippen LogP contribution in [-0.4, -0.2) is 14.7 Å². The van der Waals surface area contributed by atoms with Crippen molar-refractivity contribution in [2.75, 3.05) is 0 Å². The van der Waals surface area contributed by atoms with E-state index >= 15 is 0 Å². The fraction of sp³-hybridized carbons (Fsp3) is 0.824. The molecule has 20 heavy (non-hydrogen) atoms. The van der Waals surface area contributed by atoms with Gasteiger partial charge in [-0.3, -0.25) is 0 Å². The summed E-state index contributed by atoms with van der Waals surface area (Å²) in [7, 11) is 0. The lowest BCUT2D eigenvalue weighted by molar-refractivity contribution is 0.149. The smallest absolute Gasteiger partial charge is 0.137 e. The Balaban J connectivity index is 2.01. The van der Waals surface area contributed by atoms with E-state index in [1.54, 1.807) is 6.20 Å². The van der Waals surface area contributed by atoms with Crippen LogP contribution in [0.25, 0.3) is 0 Å². The number of nitrogens with zero attached hydrogens (tertiary/aromatic N) is 2. The van der Waals surface area contributed by atoms with Gasteiger partial charge in [-0.2, -0.15) is 0 Å². The van der Waals surface area contributed by atoms with Crippen LogP contribution in [0.4, 0.5) is 0 Å². The number of aliphatic hydroxyl groups is 1. The fourth-order valence-electron chi connectivity index (χ4n) is 2.66. The van der Waals surface area contributed by atoms with Gasteiger partial charge in [0.15, 0.2) is 0 Å². The van der Waals surface area contributed by atoms with Crippen molar-refractivity contribution in [1.82, 2.24) is 9.55 Å². The molecule has 1 rings (SSSR count). The minimum atomic E-state index is -0.394. The second-order valence-corrected chi connectivity index (χ2v) is 5.70. The zero-order valence-corrected chi connectivity index (χ0v) is 13.4. The first-order valence-electron chi connectivity index (χ1n) is 8.48. The van der Waals surface area contributed by atoms with Gasteiger partial charge >= 0.3 is 0 Å². The molecule has 0 bridgehead atoms. The molecule has 0 aliphatic heterocycles. The molecule has 1 heterocycles. The number of aliphatic hydroxyl groups excluding tert-OH is 1. The van der Waals surface area contributed by atoms with Gasteiger partial charge in [0.25, 0.3) is 0 Å². The Morgan fingerprint density at radius 1 is 1.00 bits per heavy atom. The summed E-state index contributed by atoms with van der Waals surface area (Å²) in [6, 6.07) is 0. The van der Waals surface area contributed by atoms with Crippen LogP contribution in [0.2, 0.25) is 0 Å². The molecule has 1 aromatic rings. The second kappa shape index (κ2) is 10.9. The molecule has 0 fully saturated rings. The summed E-state index contributed by atoms with van der Waals surface area (Å²) in [4.78, 5) is 4.26. The van der Waals surface area contributed by atoms with E-state index in [1.165, 1.54) is 51.4 Å². The van der Waals surface area contributed by atoms with Crippen LogP contribution in [0.1, 0.15) is 90.0 Å². The first-order chi connectivity index (χ1) is 9.79. The molecular formula is C17H32N2O. The van der Waals surface area contributed by atoms with Crippen molar-refractivity contribution in [3.63, 3.8) is 0 Å². The molecule has 1 atom stereocenters. The van der Waals surface area contributed by atoms with Crippen molar-refractivity contribution in [3.05, 3.63) is 18.2 Å². The van der Waals surface area contributed by atoms with Crippen molar-refractivity contribution < 1.29 is 5.11 Å². The number of aromatic nitrogens is 2. The average molecular weight is 280 g/mol. The topological polar surface area (TPSA) is 38.1 Å². The summed E-state index contributed by atoms with van der Waals surface area (Å²) < 4.78 is 2.03. The lowest BCUT2D eigenvalue weighted by atomic mass is 10.0. The molecule has 116 valence electrons. The van der Waals surface area contributed by atoms with Crippen molar-refractivity contribution >= 4 is 0 Å². The molecule has 1 aromatic heterocycles. The highest BCUT2D eigenvalue weighted by molar-refractivity contribution is 4.96. The minimum absolute atomic E-state index is 0.394. The second-order valence-electron chi connectivity index (χ2n) is 5.70. The maximum atomic E-state index is 10.1. The number of imidazole rings is 1. The van der Waals surface area contributed by atoms with Crippen LogP contribution < -0.4 is 0 Å². The normalized spacial score (nSPS) is 12.8. The minimum Gasteiger partial charge on any atom is -0.385 e. The summed E-state index contributed by atoms with van der Waals surface area (Å²) in [6.07, 6.45) is 16.0. The number of unbranched alkanes of at least 4 members (excludes halogenated alkanes) is 8. The molecule has 0 radical (unpaired) electrons. The summed E-state index contributed by atoms with van der Waals surface area (Å²) in [6.45, 7) is 5.22. The maximum absolute atomic E-state index is 10.1. The molecule has 0 aromatic carbocycles. The summed E-state index contributed by atoms with van der Waals surface area (Å²) in [5, 5.41) is 10.1. The number of hydrogen-bond acceptors (Lipinski definition) is 2. The molecule has 0 saturated carbocycles. The van der Waals surface area contributed by atoms with E-state index in [-0.39, 0.29) is 0 Å². The fourth-order valence-corrected chi connectivity index (χ4v) is 2.66. The number of rotatable bonds is 12. The summed E-state index contributed by atoms with van der Waals surface area (Å²) in [5.74, 6) is 0.826. The highest BCUT2D eigenvalue weighted by atomic mass is 16.3. The predicted molar refractivity (Wildman–Crippen MR) is 84.7 cm³/mol. The molecule has 1 unspecified atom stereocenters. The van der Waals surface area contributed by atoms with Gasteiger partial charge in [0, 0.05) is 18.9 Å². The van der Waals surface area contributed by atoms with Crippen LogP contribution in [0.3, 0.4) is 0 Å². The Labute approximate surface area is 124 Å². The van der Waals surface area contributed by atoms with E-state index in [9.17, 15) is 5.11 Å². The third-order valence-electron chi connectivity index (χ3n) is 3.97. The van der Waals surface area contributed by atoms with Gasteiger partial charge in [-0.15, -0.1) is 0 Å². The van der Waals surface area contributed by atoms with Crippen molar-refractivity contribution in [2.24, 2.45) is 0 Å². The van der Waals surface area contributed by atoms with Crippen molar-refractivity contribution in [1.29, 1.82) is 0 Å². The van der Waals surface area contributed by atoms with Crippen molar-refractivity contribution in [3.8, 4) is 0 Å². The Kier molecular flexibility index (Phi) is 9.38. The average Bonchev–Trinajstić information content (AvgIpc) is 2.94. The number of hydrogen-bond donors (Lipinski definition) is 1. The van der Waals surface area contributed by atoms with Crippen LogP contribution in [-0.2, 0) is 6.54 Å². The Morgan fingerprint density at radius 3 is 2.20 bits per heavy atom. The SMILES string of the molecule is CCCCCCCCCCCC(O)c1nccn1CC. The summed E-state index contributed by atoms with van der Waals surface area (Å²) >= 11 is 0. The molecule has 1 N–H and O–H groups in total. The number of aryl methyl sites for hydroxylation is 1. The van der Waals surface area contributed by atoms with E-state index in [0.29, 0.717) is 0 Å². The largest absolute Gasteiger partial charge is 0.385 e. The molecule has 3 nitrogen and oxygen atoms in total. The highest BCUT2D eigenvalue weighted by Crippen LogP contribution is 2.19. The zero-order chi connectivity index (χ0) is 14.6. The highest BCUT2D eigenvalue weighted by Gasteiger charge is 2.12. The first-order valence-corrected chi connectivity index (χ1v) is 8.48. The van der Waals surface area contributed by atoms with Crippen molar-refractivity contribution in [2.45, 2.75) is 90.7 Å². The molecule has 0 saturated heterocycles. The lowest BCUT2D eigenvalue weighted by Gasteiger charge is -2.11. The van der Waals surface area contributed by atoms with Gasteiger partial charge < -0.3 is 9.67 Å². The monoisotopic (exact) mass is 280 g/mol. The summed E-state index contributed by atoms with van der Waals surface area (Å²) in [5.41, 5.74) is 0. The zero-order valence-electron chi connectivity index (χ0n) is 13.4. The van der Waals surface area contributed by atoms with E-state index in [1.807, 2.05) is 10.8 Å². The molecule has 0 aliphatic carbocycles. The Morgan fingerprint density at radius 2 is 1.60 bits per heavy atom. The molecule has 3 heteroatoms. The molecular weight excluding hydrogens is 248 g/mol. The Bertz CT molecular complexity index is 335. The third kappa shape index (κ3) is 6.56. The van der Waals surface area contributed by atoms with E-state index in [4.69, 9.17) is 0 Å². The van der Waals surface area contributed by atoms with E-state index in [2.05, 4.69) is 18.8 Å². The quantitative estimate of drug-likeness (QED) is 0.555. The molecule has 0 amide bonds. The van der Waals surface area contributed by atoms with Crippen LogP contribution in [0.15, 0.2) is 12.4 Å². The van der Waals surface area contributed by atoms with E-state index in [0.717, 1.165) is 25.2 Å². The lowest BCUT2D eigenvalue weighted by Crippen LogP contribution is -2.07. The van der Waals surface area contributed by atoms with Gasteiger partial charge in [-0.1, -0.05) is 64.7 Å². The molecule has 0 spiro atoms. The predicted octanol–water partition coefficient (Wildman–Crippen LogP) is 4.86. The Hall–Kier alpha value is -0.830. The van der Waals surface area contributed by atoms with Gasteiger partial charge in [0.05, 0.1) is 0 Å². The third-order valence-corrected chi connectivity index (χ3v) is 3.97. The van der Waals surface area contributed by atoms with Gasteiger partial charge in [-0.25, -0.2) is 4.98 Å². The van der Waals surface area contributed by atoms with Crippen LogP contribution >= 0.6 is 0 Å². The van der Waals surface area contributed by atoms with Gasteiger partial charge in [0.1, 0.15) is 11.9 Å².